The minimum Gasteiger partial charge on any atom is -0.481 e. The maximum atomic E-state index is 11.6. The number of amides is 1. The van der Waals surface area contributed by atoms with Gasteiger partial charge in [-0.25, -0.2) is 0 Å². The molecule has 0 radical (unpaired) electrons. The van der Waals surface area contributed by atoms with E-state index in [2.05, 4.69) is 4.98 Å². The summed E-state index contributed by atoms with van der Waals surface area (Å²) in [5, 5.41) is 8.47. The Hall–Kier alpha value is -1.91. The predicted molar refractivity (Wildman–Crippen MR) is 62.2 cm³/mol. The first-order chi connectivity index (χ1) is 8.09. The lowest BCUT2D eigenvalue weighted by Gasteiger charge is -2.16. The maximum absolute atomic E-state index is 11.6. The van der Waals surface area contributed by atoms with Crippen LogP contribution in [-0.4, -0.2) is 33.9 Å². The largest absolute Gasteiger partial charge is 0.481 e. The van der Waals surface area contributed by atoms with Gasteiger partial charge in [0, 0.05) is 38.8 Å². The van der Waals surface area contributed by atoms with Gasteiger partial charge in [0.1, 0.15) is 0 Å². The molecule has 1 aromatic heterocycles. The van der Waals surface area contributed by atoms with E-state index in [-0.39, 0.29) is 18.7 Å². The van der Waals surface area contributed by atoms with Gasteiger partial charge in [0.2, 0.25) is 5.91 Å². The van der Waals surface area contributed by atoms with Crippen LogP contribution in [0.25, 0.3) is 0 Å². The first-order valence-electron chi connectivity index (χ1n) is 5.44. The summed E-state index contributed by atoms with van der Waals surface area (Å²) in [4.78, 5) is 27.4. The first-order valence-corrected chi connectivity index (χ1v) is 5.44. The third-order valence-electron chi connectivity index (χ3n) is 2.38. The molecule has 1 N–H and O–H groups in total. The van der Waals surface area contributed by atoms with Crippen molar-refractivity contribution >= 4 is 11.9 Å². The highest BCUT2D eigenvalue weighted by molar-refractivity contribution is 5.76. The van der Waals surface area contributed by atoms with Crippen LogP contribution in [0.15, 0.2) is 24.5 Å². The smallest absolute Gasteiger partial charge is 0.303 e. The van der Waals surface area contributed by atoms with Gasteiger partial charge in [0.15, 0.2) is 0 Å². The summed E-state index contributed by atoms with van der Waals surface area (Å²) in [6.45, 7) is 0.522. The van der Waals surface area contributed by atoms with E-state index in [4.69, 9.17) is 5.11 Å². The van der Waals surface area contributed by atoms with Crippen LogP contribution in [-0.2, 0) is 16.1 Å². The summed E-state index contributed by atoms with van der Waals surface area (Å²) in [5.74, 6) is -0.905. The Kier molecular flexibility index (Phi) is 5.13. The van der Waals surface area contributed by atoms with Crippen LogP contribution >= 0.6 is 0 Å². The summed E-state index contributed by atoms with van der Waals surface area (Å²) in [5.41, 5.74) is 1.01. The summed E-state index contributed by atoms with van der Waals surface area (Å²) in [6.07, 6.45) is 4.05. The van der Waals surface area contributed by atoms with Gasteiger partial charge in [-0.05, 0) is 24.1 Å². The predicted octanol–water partition coefficient (Wildman–Crippen LogP) is 1.29. The molecule has 0 fully saturated rings. The summed E-state index contributed by atoms with van der Waals surface area (Å²) in [6, 6.07) is 3.70. The number of aromatic nitrogens is 1. The van der Waals surface area contributed by atoms with Crippen molar-refractivity contribution in [1.29, 1.82) is 0 Å². The molecule has 0 saturated carbocycles. The minimum atomic E-state index is -0.866. The zero-order valence-electron chi connectivity index (χ0n) is 9.80. The van der Waals surface area contributed by atoms with Crippen LogP contribution in [0, 0.1) is 0 Å². The van der Waals surface area contributed by atoms with Gasteiger partial charge < -0.3 is 10.0 Å². The second-order valence-corrected chi connectivity index (χ2v) is 3.85. The Morgan fingerprint density at radius 1 is 1.29 bits per heavy atom. The Labute approximate surface area is 100 Å². The first kappa shape index (κ1) is 13.2. The molecule has 5 nitrogen and oxygen atoms in total. The summed E-state index contributed by atoms with van der Waals surface area (Å²) in [7, 11) is 1.71. The lowest BCUT2D eigenvalue weighted by molar-refractivity contribution is -0.137. The fourth-order valence-electron chi connectivity index (χ4n) is 1.43. The standard InChI is InChI=1S/C12H16N2O3/c1-14(9-10-5-7-13-8-6-10)11(15)3-2-4-12(16)17/h5-8H,2-4,9H2,1H3,(H,16,17). The molecule has 0 aliphatic carbocycles. The van der Waals surface area contributed by atoms with Crippen LogP contribution < -0.4 is 0 Å². The number of hydrogen-bond acceptors (Lipinski definition) is 3. The molecule has 0 aliphatic heterocycles. The topological polar surface area (TPSA) is 70.5 Å². The molecule has 92 valence electrons. The number of carboxylic acid groups (broad SMARTS) is 1. The molecule has 0 aromatic carbocycles. The molecule has 0 bridgehead atoms. The molecule has 5 heteroatoms. The molecule has 1 amide bonds. The molecular weight excluding hydrogens is 220 g/mol. The van der Waals surface area contributed by atoms with Crippen LogP contribution in [0.2, 0.25) is 0 Å². The molecule has 1 aromatic rings. The van der Waals surface area contributed by atoms with E-state index in [0.29, 0.717) is 13.0 Å². The summed E-state index contributed by atoms with van der Waals surface area (Å²) >= 11 is 0. The van der Waals surface area contributed by atoms with Gasteiger partial charge in [-0.3, -0.25) is 14.6 Å². The van der Waals surface area contributed by atoms with Crippen molar-refractivity contribution < 1.29 is 14.7 Å². The van der Waals surface area contributed by atoms with Gasteiger partial charge in [0.25, 0.3) is 0 Å². The number of carbonyl (C=O) groups excluding carboxylic acids is 1. The minimum absolute atomic E-state index is 0.0365. The van der Waals surface area contributed by atoms with Crippen molar-refractivity contribution in [3.63, 3.8) is 0 Å². The fraction of sp³-hybridized carbons (Fsp3) is 0.417. The van der Waals surface area contributed by atoms with Crippen LogP contribution in [0.5, 0.6) is 0 Å². The lowest BCUT2D eigenvalue weighted by atomic mass is 10.2. The molecule has 1 rings (SSSR count). The second-order valence-electron chi connectivity index (χ2n) is 3.85. The zero-order chi connectivity index (χ0) is 12.7. The quantitative estimate of drug-likeness (QED) is 0.808. The van der Waals surface area contributed by atoms with Gasteiger partial charge in [-0.1, -0.05) is 0 Å². The molecule has 0 unspecified atom stereocenters. The molecule has 0 aliphatic rings. The molecule has 17 heavy (non-hydrogen) atoms. The molecule has 0 saturated heterocycles. The monoisotopic (exact) mass is 236 g/mol. The van der Waals surface area contributed by atoms with Gasteiger partial charge in [-0.2, -0.15) is 0 Å². The number of hydrogen-bond donors (Lipinski definition) is 1. The SMILES string of the molecule is CN(Cc1ccncc1)C(=O)CCCC(=O)O. The third kappa shape index (κ3) is 5.10. The van der Waals surface area contributed by atoms with Crippen LogP contribution in [0.1, 0.15) is 24.8 Å². The number of pyridine rings is 1. The van der Waals surface area contributed by atoms with E-state index in [1.165, 1.54) is 0 Å². The maximum Gasteiger partial charge on any atom is 0.303 e. The molecular formula is C12H16N2O3. The van der Waals surface area contributed by atoms with Crippen molar-refractivity contribution in [2.75, 3.05) is 7.05 Å². The molecule has 0 spiro atoms. The summed E-state index contributed by atoms with van der Waals surface area (Å²) < 4.78 is 0. The number of carbonyl (C=O) groups is 2. The Bertz CT molecular complexity index is 379. The third-order valence-corrected chi connectivity index (χ3v) is 2.38. The normalized spacial score (nSPS) is 9.94. The van der Waals surface area contributed by atoms with Crippen molar-refractivity contribution in [2.45, 2.75) is 25.8 Å². The number of carboxylic acids is 1. The van der Waals surface area contributed by atoms with E-state index >= 15 is 0 Å². The fourth-order valence-corrected chi connectivity index (χ4v) is 1.43. The second kappa shape index (κ2) is 6.62. The van der Waals surface area contributed by atoms with Crippen molar-refractivity contribution in [2.24, 2.45) is 0 Å². The Morgan fingerprint density at radius 3 is 2.53 bits per heavy atom. The molecule has 1 heterocycles. The Morgan fingerprint density at radius 2 is 1.94 bits per heavy atom. The number of rotatable bonds is 6. The van der Waals surface area contributed by atoms with Gasteiger partial charge in [-0.15, -0.1) is 0 Å². The zero-order valence-corrected chi connectivity index (χ0v) is 9.80. The van der Waals surface area contributed by atoms with Crippen LogP contribution in [0.3, 0.4) is 0 Å². The van der Waals surface area contributed by atoms with Crippen molar-refractivity contribution in [3.05, 3.63) is 30.1 Å². The number of nitrogens with zero attached hydrogens (tertiary/aromatic N) is 2. The van der Waals surface area contributed by atoms with Crippen LogP contribution in [0.4, 0.5) is 0 Å². The lowest BCUT2D eigenvalue weighted by Crippen LogP contribution is -2.26. The highest BCUT2D eigenvalue weighted by Gasteiger charge is 2.09. The van der Waals surface area contributed by atoms with E-state index < -0.39 is 5.97 Å². The molecule has 0 atom stereocenters. The Balaban J connectivity index is 2.34. The van der Waals surface area contributed by atoms with Gasteiger partial charge in [0.05, 0.1) is 0 Å². The van der Waals surface area contributed by atoms with E-state index in [1.807, 2.05) is 12.1 Å². The number of aliphatic carboxylic acids is 1. The van der Waals surface area contributed by atoms with E-state index in [1.54, 1.807) is 24.3 Å². The average molecular weight is 236 g/mol. The van der Waals surface area contributed by atoms with Gasteiger partial charge >= 0.3 is 5.97 Å². The van der Waals surface area contributed by atoms with Crippen molar-refractivity contribution in [1.82, 2.24) is 9.88 Å². The van der Waals surface area contributed by atoms with E-state index in [0.717, 1.165) is 5.56 Å². The van der Waals surface area contributed by atoms with Crippen molar-refractivity contribution in [3.8, 4) is 0 Å². The highest BCUT2D eigenvalue weighted by atomic mass is 16.4. The average Bonchev–Trinajstić information content (AvgIpc) is 2.29. The highest BCUT2D eigenvalue weighted by Crippen LogP contribution is 2.05. The van der Waals surface area contributed by atoms with E-state index in [9.17, 15) is 9.59 Å².